The molecule has 1 aromatic heterocycles. The van der Waals surface area contributed by atoms with E-state index >= 15 is 0 Å². The summed E-state index contributed by atoms with van der Waals surface area (Å²) in [5, 5.41) is 7.36. The van der Waals surface area contributed by atoms with Crippen LogP contribution in [0.5, 0.6) is 0 Å². The summed E-state index contributed by atoms with van der Waals surface area (Å²) in [6, 6.07) is 5.41. The first kappa shape index (κ1) is 18.4. The van der Waals surface area contributed by atoms with Gasteiger partial charge in [-0.05, 0) is 49.3 Å². The van der Waals surface area contributed by atoms with Gasteiger partial charge in [0.05, 0.1) is 12.1 Å². The second-order valence-corrected chi connectivity index (χ2v) is 7.25. The summed E-state index contributed by atoms with van der Waals surface area (Å²) in [7, 11) is 0. The molecule has 1 aromatic carbocycles. The lowest BCUT2D eigenvalue weighted by molar-refractivity contribution is -0.137. The van der Waals surface area contributed by atoms with E-state index in [0.29, 0.717) is 43.0 Å². The van der Waals surface area contributed by atoms with E-state index in [-0.39, 0.29) is 12.0 Å². The number of rotatable bonds is 6. The SMILES string of the molecule is FC(F)(F)c1cccc([C@H](NCc2noc(C3CCOCC3)n2)C2CC2)c1. The van der Waals surface area contributed by atoms with Gasteiger partial charge >= 0.3 is 6.18 Å². The number of nitrogens with one attached hydrogen (secondary N) is 1. The van der Waals surface area contributed by atoms with Gasteiger partial charge in [0.1, 0.15) is 0 Å². The number of ether oxygens (including phenoxy) is 1. The molecule has 1 N–H and O–H groups in total. The lowest BCUT2D eigenvalue weighted by Crippen LogP contribution is -2.24. The van der Waals surface area contributed by atoms with Crippen LogP contribution >= 0.6 is 0 Å². The molecule has 2 fully saturated rings. The smallest absolute Gasteiger partial charge is 0.381 e. The van der Waals surface area contributed by atoms with Crippen molar-refractivity contribution in [2.24, 2.45) is 5.92 Å². The predicted octanol–water partition coefficient (Wildman–Crippen LogP) is 4.22. The Hall–Kier alpha value is -1.93. The van der Waals surface area contributed by atoms with E-state index in [0.717, 1.165) is 31.7 Å². The van der Waals surface area contributed by atoms with E-state index in [1.807, 2.05) is 0 Å². The van der Waals surface area contributed by atoms with Crippen molar-refractivity contribution >= 4 is 0 Å². The molecule has 0 amide bonds. The fraction of sp³-hybridized carbons (Fsp3) is 0.579. The van der Waals surface area contributed by atoms with Crippen LogP contribution < -0.4 is 5.32 Å². The highest BCUT2D eigenvalue weighted by molar-refractivity contribution is 5.29. The van der Waals surface area contributed by atoms with Gasteiger partial charge in [-0.25, -0.2) is 0 Å². The predicted molar refractivity (Wildman–Crippen MR) is 90.8 cm³/mol. The van der Waals surface area contributed by atoms with Crippen LogP contribution in [-0.4, -0.2) is 23.4 Å². The minimum Gasteiger partial charge on any atom is -0.381 e. The Morgan fingerprint density at radius 1 is 1.15 bits per heavy atom. The van der Waals surface area contributed by atoms with Crippen molar-refractivity contribution in [2.75, 3.05) is 13.2 Å². The zero-order chi connectivity index (χ0) is 18.9. The third kappa shape index (κ3) is 4.50. The second kappa shape index (κ2) is 7.59. The van der Waals surface area contributed by atoms with Crippen molar-refractivity contribution in [3.63, 3.8) is 0 Å². The quantitative estimate of drug-likeness (QED) is 0.812. The van der Waals surface area contributed by atoms with E-state index in [1.54, 1.807) is 6.07 Å². The van der Waals surface area contributed by atoms with Crippen LogP contribution in [0.2, 0.25) is 0 Å². The van der Waals surface area contributed by atoms with Crippen molar-refractivity contribution in [1.29, 1.82) is 0 Å². The molecule has 2 aliphatic rings. The van der Waals surface area contributed by atoms with Gasteiger partial charge < -0.3 is 14.6 Å². The zero-order valence-corrected chi connectivity index (χ0v) is 14.8. The molecule has 0 unspecified atom stereocenters. The van der Waals surface area contributed by atoms with Crippen molar-refractivity contribution in [3.8, 4) is 0 Å². The van der Waals surface area contributed by atoms with Gasteiger partial charge in [-0.1, -0.05) is 17.3 Å². The Balaban J connectivity index is 1.43. The molecule has 5 nitrogen and oxygen atoms in total. The van der Waals surface area contributed by atoms with Crippen molar-refractivity contribution in [1.82, 2.24) is 15.5 Å². The highest BCUT2D eigenvalue weighted by Gasteiger charge is 2.35. The molecule has 27 heavy (non-hydrogen) atoms. The zero-order valence-electron chi connectivity index (χ0n) is 14.8. The molecule has 1 aliphatic heterocycles. The summed E-state index contributed by atoms with van der Waals surface area (Å²) in [6.45, 7) is 1.75. The molecule has 0 bridgehead atoms. The van der Waals surface area contributed by atoms with Gasteiger partial charge in [0, 0.05) is 25.2 Å². The highest BCUT2D eigenvalue weighted by atomic mass is 19.4. The van der Waals surface area contributed by atoms with Crippen molar-refractivity contribution in [2.45, 2.75) is 50.4 Å². The Bertz CT molecular complexity index is 768. The Kier molecular flexibility index (Phi) is 5.19. The first-order valence-electron chi connectivity index (χ1n) is 9.31. The average molecular weight is 381 g/mol. The fourth-order valence-corrected chi connectivity index (χ4v) is 3.55. The molecule has 1 aliphatic carbocycles. The fourth-order valence-electron chi connectivity index (χ4n) is 3.55. The number of hydrogen-bond acceptors (Lipinski definition) is 5. The van der Waals surface area contributed by atoms with E-state index in [2.05, 4.69) is 15.5 Å². The molecule has 2 heterocycles. The molecular weight excluding hydrogens is 359 g/mol. The molecule has 2 aromatic rings. The normalized spacial score (nSPS) is 20.0. The number of hydrogen-bond donors (Lipinski definition) is 1. The number of alkyl halides is 3. The topological polar surface area (TPSA) is 60.2 Å². The molecule has 0 radical (unpaired) electrons. The molecule has 1 saturated carbocycles. The highest BCUT2D eigenvalue weighted by Crippen LogP contribution is 2.42. The second-order valence-electron chi connectivity index (χ2n) is 7.25. The molecule has 0 spiro atoms. The first-order valence-corrected chi connectivity index (χ1v) is 9.31. The van der Waals surface area contributed by atoms with Crippen LogP contribution in [0.3, 0.4) is 0 Å². The average Bonchev–Trinajstić information content (AvgIpc) is 3.39. The van der Waals surface area contributed by atoms with E-state index < -0.39 is 11.7 Å². The summed E-state index contributed by atoms with van der Waals surface area (Å²) in [5.41, 5.74) is 0.0364. The van der Waals surface area contributed by atoms with Crippen LogP contribution in [0.4, 0.5) is 13.2 Å². The molecular formula is C19H22F3N3O2. The minimum absolute atomic E-state index is 0.141. The monoisotopic (exact) mass is 381 g/mol. The first-order chi connectivity index (χ1) is 13.0. The third-order valence-corrected chi connectivity index (χ3v) is 5.20. The van der Waals surface area contributed by atoms with Crippen molar-refractivity contribution in [3.05, 3.63) is 47.1 Å². The summed E-state index contributed by atoms with van der Waals surface area (Å²) in [5.74, 6) is 1.73. The summed E-state index contributed by atoms with van der Waals surface area (Å²) in [6.07, 6.45) is -0.592. The third-order valence-electron chi connectivity index (χ3n) is 5.20. The molecule has 1 saturated heterocycles. The van der Waals surface area contributed by atoms with Crippen LogP contribution in [0.25, 0.3) is 0 Å². The van der Waals surface area contributed by atoms with Crippen LogP contribution in [0, 0.1) is 5.92 Å². The maximum absolute atomic E-state index is 13.0. The van der Waals surface area contributed by atoms with Gasteiger partial charge in [-0.2, -0.15) is 18.2 Å². The lowest BCUT2D eigenvalue weighted by atomic mass is 10.00. The maximum Gasteiger partial charge on any atom is 0.416 e. The van der Waals surface area contributed by atoms with Crippen molar-refractivity contribution < 1.29 is 22.4 Å². The van der Waals surface area contributed by atoms with Crippen LogP contribution in [0.1, 0.15) is 60.5 Å². The summed E-state index contributed by atoms with van der Waals surface area (Å²) >= 11 is 0. The van der Waals surface area contributed by atoms with Gasteiger partial charge in [0.2, 0.25) is 5.89 Å². The van der Waals surface area contributed by atoms with E-state index in [4.69, 9.17) is 9.26 Å². The van der Waals surface area contributed by atoms with Gasteiger partial charge in [-0.3, -0.25) is 0 Å². The Morgan fingerprint density at radius 3 is 2.63 bits per heavy atom. The van der Waals surface area contributed by atoms with Crippen LogP contribution in [0.15, 0.2) is 28.8 Å². The number of benzene rings is 1. The molecule has 4 rings (SSSR count). The van der Waals surface area contributed by atoms with Gasteiger partial charge in [0.25, 0.3) is 0 Å². The number of nitrogens with zero attached hydrogens (tertiary/aromatic N) is 2. The van der Waals surface area contributed by atoms with E-state index in [9.17, 15) is 13.2 Å². The number of halogens is 3. The van der Waals surface area contributed by atoms with Gasteiger partial charge in [-0.15, -0.1) is 0 Å². The van der Waals surface area contributed by atoms with Crippen LogP contribution in [-0.2, 0) is 17.5 Å². The summed E-state index contributed by atoms with van der Waals surface area (Å²) < 4.78 is 49.8. The lowest BCUT2D eigenvalue weighted by Gasteiger charge is -2.19. The Labute approximate surface area is 155 Å². The molecule has 146 valence electrons. The molecule has 1 atom stereocenters. The minimum atomic E-state index is -4.34. The van der Waals surface area contributed by atoms with E-state index in [1.165, 1.54) is 12.1 Å². The largest absolute Gasteiger partial charge is 0.416 e. The number of aromatic nitrogens is 2. The van der Waals surface area contributed by atoms with Gasteiger partial charge in [0.15, 0.2) is 5.82 Å². The Morgan fingerprint density at radius 2 is 1.93 bits per heavy atom. The summed E-state index contributed by atoms with van der Waals surface area (Å²) in [4.78, 5) is 4.46. The molecule has 8 heteroatoms. The maximum atomic E-state index is 13.0. The standard InChI is InChI=1S/C19H22F3N3O2/c20-19(21,22)15-3-1-2-14(10-15)17(12-4-5-12)23-11-16-24-18(27-25-16)13-6-8-26-9-7-13/h1-3,10,12-13,17,23H,4-9,11H2/t17-/m1/s1.